The molecule has 2 amide bonds. The van der Waals surface area contributed by atoms with Crippen LogP contribution < -0.4 is 4.90 Å². The number of benzene rings is 2. The van der Waals surface area contributed by atoms with Gasteiger partial charge < -0.3 is 9.80 Å². The molecule has 1 spiro atoms. The molecule has 0 saturated carbocycles. The number of nitrogens with zero attached hydrogens (tertiary/aromatic N) is 3. The minimum absolute atomic E-state index is 0.0167. The van der Waals surface area contributed by atoms with Crippen LogP contribution in [0.25, 0.3) is 0 Å². The van der Waals surface area contributed by atoms with E-state index in [9.17, 15) is 22.8 Å². The maximum Gasteiger partial charge on any atom is 0.416 e. The molecule has 0 N–H and O–H groups in total. The summed E-state index contributed by atoms with van der Waals surface area (Å²) in [5.41, 5.74) is -0.437. The largest absolute Gasteiger partial charge is 0.416 e. The molecule has 158 valence electrons. The Morgan fingerprint density at radius 1 is 1.03 bits per heavy atom. The van der Waals surface area contributed by atoms with E-state index in [1.165, 1.54) is 12.1 Å². The van der Waals surface area contributed by atoms with Crippen LogP contribution in [-0.4, -0.2) is 60.4 Å². The van der Waals surface area contributed by atoms with E-state index in [0.717, 1.165) is 17.8 Å². The standard InChI is InChI=1S/C22H22F3N3O2/c1-26-13-19(29)28(18-8-3-2-4-9-18)15-21(26)10-11-27(14-21)20(30)16-6-5-7-17(12-16)22(23,24)25/h2-9,12H,10-11,13-15H2,1H3. The molecule has 2 fully saturated rings. The second-order valence-electron chi connectivity index (χ2n) is 7.95. The highest BCUT2D eigenvalue weighted by Gasteiger charge is 2.48. The minimum Gasteiger partial charge on any atom is -0.337 e. The number of likely N-dealkylation sites (N-methyl/N-ethyl adjacent to an activating group) is 1. The lowest BCUT2D eigenvalue weighted by Gasteiger charge is -2.46. The predicted molar refractivity (Wildman–Crippen MR) is 106 cm³/mol. The molecule has 1 atom stereocenters. The lowest BCUT2D eigenvalue weighted by Crippen LogP contribution is -2.64. The summed E-state index contributed by atoms with van der Waals surface area (Å²) in [6.45, 7) is 1.44. The first-order chi connectivity index (χ1) is 14.2. The topological polar surface area (TPSA) is 43.9 Å². The average Bonchev–Trinajstić information content (AvgIpc) is 3.16. The summed E-state index contributed by atoms with van der Waals surface area (Å²) < 4.78 is 39.1. The predicted octanol–water partition coefficient (Wildman–Crippen LogP) is 3.27. The maximum absolute atomic E-state index is 13.0. The van der Waals surface area contributed by atoms with Gasteiger partial charge in [0.05, 0.1) is 17.6 Å². The van der Waals surface area contributed by atoms with Crippen molar-refractivity contribution in [2.24, 2.45) is 0 Å². The van der Waals surface area contributed by atoms with Crippen LogP contribution in [-0.2, 0) is 11.0 Å². The van der Waals surface area contributed by atoms with Crippen LogP contribution in [0.15, 0.2) is 54.6 Å². The minimum atomic E-state index is -4.50. The summed E-state index contributed by atoms with van der Waals surface area (Å²) in [5, 5.41) is 0. The van der Waals surface area contributed by atoms with Gasteiger partial charge in [-0.05, 0) is 43.8 Å². The summed E-state index contributed by atoms with van der Waals surface area (Å²) in [5.74, 6) is -0.438. The number of piperazine rings is 1. The summed E-state index contributed by atoms with van der Waals surface area (Å²) in [7, 11) is 1.86. The van der Waals surface area contributed by atoms with Crippen molar-refractivity contribution in [2.45, 2.75) is 18.1 Å². The Morgan fingerprint density at radius 3 is 2.47 bits per heavy atom. The summed E-state index contributed by atoms with van der Waals surface area (Å²) in [6.07, 6.45) is -3.85. The molecule has 2 aliphatic rings. The number of rotatable bonds is 2. The molecule has 2 aliphatic heterocycles. The summed E-state index contributed by atoms with van der Waals surface area (Å²) in [6, 6.07) is 13.9. The fraction of sp³-hybridized carbons (Fsp3) is 0.364. The normalized spacial score (nSPS) is 22.7. The number of hydrogen-bond acceptors (Lipinski definition) is 3. The number of amides is 2. The zero-order chi connectivity index (χ0) is 21.5. The molecule has 2 aromatic rings. The van der Waals surface area contributed by atoms with Gasteiger partial charge >= 0.3 is 6.18 Å². The summed E-state index contributed by atoms with van der Waals surface area (Å²) in [4.78, 5) is 30.8. The van der Waals surface area contributed by atoms with Crippen LogP contribution in [0.5, 0.6) is 0 Å². The molecular formula is C22H22F3N3O2. The Bertz CT molecular complexity index is 964. The highest BCUT2D eigenvalue weighted by molar-refractivity contribution is 5.97. The third-order valence-electron chi connectivity index (χ3n) is 6.06. The zero-order valence-electron chi connectivity index (χ0n) is 16.5. The van der Waals surface area contributed by atoms with Gasteiger partial charge in [0, 0.05) is 30.9 Å². The number of halogens is 3. The van der Waals surface area contributed by atoms with Crippen molar-refractivity contribution in [2.75, 3.05) is 38.1 Å². The Hall–Kier alpha value is -2.87. The first-order valence-corrected chi connectivity index (χ1v) is 9.73. The van der Waals surface area contributed by atoms with E-state index < -0.39 is 23.2 Å². The van der Waals surface area contributed by atoms with Crippen LogP contribution >= 0.6 is 0 Å². The van der Waals surface area contributed by atoms with Gasteiger partial charge in [0.15, 0.2) is 0 Å². The van der Waals surface area contributed by atoms with Crippen molar-refractivity contribution in [1.29, 1.82) is 0 Å². The van der Waals surface area contributed by atoms with Crippen LogP contribution in [0.2, 0.25) is 0 Å². The SMILES string of the molecule is CN1CC(=O)N(c2ccccc2)CC12CCN(C(=O)c1cccc(C(F)(F)F)c1)C2. The lowest BCUT2D eigenvalue weighted by molar-refractivity contribution is -0.137. The fourth-order valence-corrected chi connectivity index (χ4v) is 4.28. The van der Waals surface area contributed by atoms with E-state index in [2.05, 4.69) is 0 Å². The highest BCUT2D eigenvalue weighted by atomic mass is 19.4. The molecule has 0 aliphatic carbocycles. The number of likely N-dealkylation sites (tertiary alicyclic amines) is 1. The molecule has 30 heavy (non-hydrogen) atoms. The number of para-hydroxylation sites is 1. The quantitative estimate of drug-likeness (QED) is 0.754. The molecule has 2 heterocycles. The second-order valence-corrected chi connectivity index (χ2v) is 7.95. The molecule has 0 radical (unpaired) electrons. The fourth-order valence-electron chi connectivity index (χ4n) is 4.28. The summed E-state index contributed by atoms with van der Waals surface area (Å²) >= 11 is 0. The molecule has 2 saturated heterocycles. The monoisotopic (exact) mass is 417 g/mol. The number of hydrogen-bond donors (Lipinski definition) is 0. The van der Waals surface area contributed by atoms with Crippen LogP contribution in [0.3, 0.4) is 0 Å². The number of carbonyl (C=O) groups excluding carboxylic acids is 2. The third-order valence-corrected chi connectivity index (χ3v) is 6.06. The van der Waals surface area contributed by atoms with E-state index in [-0.39, 0.29) is 18.0 Å². The van der Waals surface area contributed by atoms with Crippen molar-refractivity contribution in [3.05, 3.63) is 65.7 Å². The van der Waals surface area contributed by atoms with E-state index in [4.69, 9.17) is 0 Å². The number of carbonyl (C=O) groups is 2. The molecule has 8 heteroatoms. The molecule has 1 unspecified atom stereocenters. The van der Waals surface area contributed by atoms with Crippen molar-refractivity contribution >= 4 is 17.5 Å². The molecule has 0 bridgehead atoms. The van der Waals surface area contributed by atoms with Crippen molar-refractivity contribution in [1.82, 2.24) is 9.80 Å². The van der Waals surface area contributed by atoms with Gasteiger partial charge in [-0.1, -0.05) is 24.3 Å². The molecule has 4 rings (SSSR count). The van der Waals surface area contributed by atoms with E-state index in [1.54, 1.807) is 9.80 Å². The maximum atomic E-state index is 13.0. The van der Waals surface area contributed by atoms with Gasteiger partial charge in [-0.3, -0.25) is 14.5 Å². The Labute approximate surface area is 172 Å². The molecule has 5 nitrogen and oxygen atoms in total. The van der Waals surface area contributed by atoms with E-state index >= 15 is 0 Å². The van der Waals surface area contributed by atoms with Gasteiger partial charge in [0.1, 0.15) is 0 Å². The van der Waals surface area contributed by atoms with Crippen LogP contribution in [0.1, 0.15) is 22.3 Å². The first kappa shape index (κ1) is 20.4. The Balaban J connectivity index is 1.55. The van der Waals surface area contributed by atoms with Crippen LogP contribution in [0.4, 0.5) is 18.9 Å². The van der Waals surface area contributed by atoms with E-state index in [1.807, 2.05) is 42.3 Å². The molecule has 2 aromatic carbocycles. The second kappa shape index (κ2) is 7.43. The Kier molecular flexibility index (Phi) is 5.05. The van der Waals surface area contributed by atoms with Crippen molar-refractivity contribution < 1.29 is 22.8 Å². The average molecular weight is 417 g/mol. The molecule has 0 aromatic heterocycles. The highest BCUT2D eigenvalue weighted by Crippen LogP contribution is 2.35. The number of alkyl halides is 3. The Morgan fingerprint density at radius 2 is 1.77 bits per heavy atom. The molecular weight excluding hydrogens is 395 g/mol. The van der Waals surface area contributed by atoms with E-state index in [0.29, 0.717) is 26.1 Å². The van der Waals surface area contributed by atoms with Crippen molar-refractivity contribution in [3.8, 4) is 0 Å². The van der Waals surface area contributed by atoms with Crippen LogP contribution in [0, 0.1) is 0 Å². The van der Waals surface area contributed by atoms with Gasteiger partial charge in [-0.2, -0.15) is 13.2 Å². The van der Waals surface area contributed by atoms with Gasteiger partial charge in [-0.25, -0.2) is 0 Å². The van der Waals surface area contributed by atoms with Crippen molar-refractivity contribution in [3.63, 3.8) is 0 Å². The van der Waals surface area contributed by atoms with Gasteiger partial charge in [0.25, 0.3) is 5.91 Å². The third kappa shape index (κ3) is 3.67. The number of anilines is 1. The van der Waals surface area contributed by atoms with Gasteiger partial charge in [0.2, 0.25) is 5.91 Å². The lowest BCUT2D eigenvalue weighted by atomic mass is 9.92. The van der Waals surface area contributed by atoms with Gasteiger partial charge in [-0.15, -0.1) is 0 Å². The smallest absolute Gasteiger partial charge is 0.337 e. The first-order valence-electron chi connectivity index (χ1n) is 9.73. The zero-order valence-corrected chi connectivity index (χ0v) is 16.5.